The van der Waals surface area contributed by atoms with Crippen LogP contribution in [0.3, 0.4) is 0 Å². The fraction of sp³-hybridized carbons (Fsp3) is 0.667. The highest BCUT2D eigenvalue weighted by atomic mass is 35.5. The Labute approximate surface area is 92.9 Å². The zero-order valence-electron chi connectivity index (χ0n) is 8.09. The predicted molar refractivity (Wildman–Crippen MR) is 61.2 cm³/mol. The molecule has 1 aromatic heterocycles. The van der Waals surface area contributed by atoms with Gasteiger partial charge >= 0.3 is 0 Å². The number of nitrogens with zero attached hydrogens (tertiary/aromatic N) is 1. The molecule has 0 amide bonds. The van der Waals surface area contributed by atoms with E-state index in [1.807, 2.05) is 5.38 Å². The van der Waals surface area contributed by atoms with Crippen LogP contribution in [0, 0.1) is 0 Å². The Morgan fingerprint density at radius 1 is 1.71 bits per heavy atom. The number of anilines is 1. The van der Waals surface area contributed by atoms with Gasteiger partial charge < -0.3 is 10.6 Å². The maximum Gasteiger partial charge on any atom is 0.184 e. The molecule has 1 aliphatic rings. The van der Waals surface area contributed by atoms with E-state index in [9.17, 15) is 0 Å². The third-order valence-corrected chi connectivity index (χ3v) is 3.64. The van der Waals surface area contributed by atoms with Crippen molar-refractivity contribution in [1.82, 2.24) is 10.3 Å². The highest BCUT2D eigenvalue weighted by molar-refractivity contribution is 7.14. The summed E-state index contributed by atoms with van der Waals surface area (Å²) in [5.41, 5.74) is 0. The Bertz CT molecular complexity index is 302. The Morgan fingerprint density at radius 2 is 2.57 bits per heavy atom. The topological polar surface area (TPSA) is 37.0 Å². The first-order chi connectivity index (χ1) is 6.75. The van der Waals surface area contributed by atoms with Gasteiger partial charge in [0.05, 0.1) is 0 Å². The number of hydrogen-bond donors (Lipinski definition) is 2. The molecule has 1 fully saturated rings. The van der Waals surface area contributed by atoms with Crippen molar-refractivity contribution >= 4 is 28.1 Å². The zero-order chi connectivity index (χ0) is 9.97. The predicted octanol–water partition coefficient (Wildman–Crippen LogP) is 2.35. The monoisotopic (exact) mass is 231 g/mol. The van der Waals surface area contributed by atoms with Crippen LogP contribution in [0.25, 0.3) is 0 Å². The highest BCUT2D eigenvalue weighted by Gasteiger charge is 2.21. The number of aromatic nitrogens is 1. The molecule has 14 heavy (non-hydrogen) atoms. The second kappa shape index (κ2) is 4.47. The lowest BCUT2D eigenvalue weighted by molar-refractivity contribution is 0.389. The Morgan fingerprint density at radius 3 is 3.21 bits per heavy atom. The van der Waals surface area contributed by atoms with Crippen LogP contribution >= 0.6 is 22.9 Å². The van der Waals surface area contributed by atoms with E-state index in [1.165, 1.54) is 12.8 Å². The molecule has 5 heteroatoms. The summed E-state index contributed by atoms with van der Waals surface area (Å²) in [5.74, 6) is 0. The molecule has 78 valence electrons. The molecule has 0 saturated carbocycles. The summed E-state index contributed by atoms with van der Waals surface area (Å²) in [6, 6.07) is 0.984. The van der Waals surface area contributed by atoms with Gasteiger partial charge in [0.15, 0.2) is 5.13 Å². The third kappa shape index (κ3) is 2.38. The number of rotatable bonds is 2. The lowest BCUT2D eigenvalue weighted by atomic mass is 10.0. The fourth-order valence-corrected chi connectivity index (χ4v) is 2.62. The quantitative estimate of drug-likeness (QED) is 0.821. The van der Waals surface area contributed by atoms with Gasteiger partial charge in [-0.2, -0.15) is 0 Å². The molecule has 2 atom stereocenters. The normalized spacial score (nSPS) is 27.6. The van der Waals surface area contributed by atoms with E-state index < -0.39 is 0 Å². The molecular formula is C9H14ClN3S. The van der Waals surface area contributed by atoms with Crippen molar-refractivity contribution in [3.05, 3.63) is 10.5 Å². The molecule has 2 rings (SSSR count). The molecule has 0 bridgehead atoms. The summed E-state index contributed by atoms with van der Waals surface area (Å²) in [6.45, 7) is 3.32. The summed E-state index contributed by atoms with van der Waals surface area (Å²) in [4.78, 5) is 4.18. The minimum Gasteiger partial charge on any atom is -0.357 e. The molecule has 0 spiro atoms. The Hall–Kier alpha value is -0.320. The molecule has 1 saturated heterocycles. The van der Waals surface area contributed by atoms with Crippen LogP contribution in [-0.2, 0) is 0 Å². The van der Waals surface area contributed by atoms with E-state index in [1.54, 1.807) is 11.3 Å². The number of halogens is 1. The van der Waals surface area contributed by atoms with Gasteiger partial charge in [-0.05, 0) is 26.3 Å². The van der Waals surface area contributed by atoms with Crippen LogP contribution in [-0.4, -0.2) is 23.6 Å². The van der Waals surface area contributed by atoms with Gasteiger partial charge in [-0.1, -0.05) is 11.6 Å². The van der Waals surface area contributed by atoms with Gasteiger partial charge in [0.2, 0.25) is 0 Å². The van der Waals surface area contributed by atoms with Gasteiger partial charge in [-0.15, -0.1) is 11.3 Å². The van der Waals surface area contributed by atoms with E-state index >= 15 is 0 Å². The largest absolute Gasteiger partial charge is 0.357 e. The zero-order valence-corrected chi connectivity index (χ0v) is 9.66. The highest BCUT2D eigenvalue weighted by Crippen LogP contribution is 2.22. The Kier molecular flexibility index (Phi) is 3.26. The standard InChI is InChI=1S/C9H14ClN3S/c1-6-7(3-2-4-11-6)12-9-13-8(10)5-14-9/h5-7,11H,2-4H2,1H3,(H,12,13)/t6-,7-/m0/s1. The maximum absolute atomic E-state index is 5.76. The number of piperidine rings is 1. The van der Waals surface area contributed by atoms with E-state index in [-0.39, 0.29) is 0 Å². The van der Waals surface area contributed by atoms with Gasteiger partial charge in [-0.3, -0.25) is 0 Å². The second-order valence-corrected chi connectivity index (χ2v) is 4.86. The van der Waals surface area contributed by atoms with Gasteiger partial charge in [0.1, 0.15) is 5.15 Å². The summed E-state index contributed by atoms with van der Waals surface area (Å²) >= 11 is 7.32. The van der Waals surface area contributed by atoms with E-state index in [0.29, 0.717) is 17.2 Å². The molecule has 1 aromatic rings. The van der Waals surface area contributed by atoms with Gasteiger partial charge in [0.25, 0.3) is 0 Å². The number of hydrogen-bond acceptors (Lipinski definition) is 4. The molecule has 3 nitrogen and oxygen atoms in total. The average Bonchev–Trinajstić information content (AvgIpc) is 2.56. The molecule has 0 aliphatic carbocycles. The van der Waals surface area contributed by atoms with E-state index in [0.717, 1.165) is 11.7 Å². The lowest BCUT2D eigenvalue weighted by Crippen LogP contribution is -2.46. The fourth-order valence-electron chi connectivity index (χ4n) is 1.72. The molecular weight excluding hydrogens is 218 g/mol. The molecule has 2 heterocycles. The smallest absolute Gasteiger partial charge is 0.184 e. The van der Waals surface area contributed by atoms with Gasteiger partial charge in [0, 0.05) is 17.5 Å². The van der Waals surface area contributed by atoms with E-state index in [4.69, 9.17) is 11.6 Å². The van der Waals surface area contributed by atoms with E-state index in [2.05, 4.69) is 22.5 Å². The first-order valence-electron chi connectivity index (χ1n) is 4.86. The number of nitrogens with one attached hydrogen (secondary N) is 2. The summed E-state index contributed by atoms with van der Waals surface area (Å²) < 4.78 is 0. The second-order valence-electron chi connectivity index (χ2n) is 3.61. The van der Waals surface area contributed by atoms with Crippen molar-refractivity contribution in [1.29, 1.82) is 0 Å². The van der Waals surface area contributed by atoms with Crippen molar-refractivity contribution in [2.24, 2.45) is 0 Å². The average molecular weight is 232 g/mol. The minimum absolute atomic E-state index is 0.478. The van der Waals surface area contributed by atoms with Crippen LogP contribution in [0.15, 0.2) is 5.38 Å². The number of thiazole rings is 1. The summed E-state index contributed by atoms with van der Waals surface area (Å²) in [7, 11) is 0. The van der Waals surface area contributed by atoms with Crippen molar-refractivity contribution < 1.29 is 0 Å². The van der Waals surface area contributed by atoms with Crippen LogP contribution < -0.4 is 10.6 Å². The molecule has 0 unspecified atom stereocenters. The van der Waals surface area contributed by atoms with Crippen molar-refractivity contribution in [2.45, 2.75) is 31.8 Å². The Balaban J connectivity index is 1.95. The molecule has 2 N–H and O–H groups in total. The summed E-state index contributed by atoms with van der Waals surface area (Å²) in [6.07, 6.45) is 2.42. The van der Waals surface area contributed by atoms with Gasteiger partial charge in [-0.25, -0.2) is 4.98 Å². The van der Waals surface area contributed by atoms with Crippen LogP contribution in [0.2, 0.25) is 5.15 Å². The first kappa shape index (κ1) is 10.2. The SMILES string of the molecule is C[C@@H]1NCCC[C@@H]1Nc1nc(Cl)cs1. The maximum atomic E-state index is 5.76. The minimum atomic E-state index is 0.478. The molecule has 0 aromatic carbocycles. The van der Waals surface area contributed by atoms with Crippen molar-refractivity contribution in [3.8, 4) is 0 Å². The van der Waals surface area contributed by atoms with Crippen LogP contribution in [0.5, 0.6) is 0 Å². The van der Waals surface area contributed by atoms with Crippen LogP contribution in [0.1, 0.15) is 19.8 Å². The van der Waals surface area contributed by atoms with Crippen molar-refractivity contribution in [2.75, 3.05) is 11.9 Å². The molecule has 0 radical (unpaired) electrons. The van der Waals surface area contributed by atoms with Crippen LogP contribution in [0.4, 0.5) is 5.13 Å². The molecule has 1 aliphatic heterocycles. The lowest BCUT2D eigenvalue weighted by Gasteiger charge is -2.30. The van der Waals surface area contributed by atoms with Crippen molar-refractivity contribution in [3.63, 3.8) is 0 Å². The first-order valence-corrected chi connectivity index (χ1v) is 6.12. The third-order valence-electron chi connectivity index (χ3n) is 2.55. The summed E-state index contributed by atoms with van der Waals surface area (Å²) in [5, 5.41) is 10.2.